The van der Waals surface area contributed by atoms with Crippen LogP contribution in [-0.2, 0) is 14.3 Å². The molecule has 4 aliphatic carbocycles. The maximum atomic E-state index is 12.1. The van der Waals surface area contributed by atoms with Gasteiger partial charge in [0.15, 0.2) is 0 Å². The normalized spacial score (nSPS) is 52.5. The lowest BCUT2D eigenvalue weighted by Crippen LogP contribution is -2.67. The van der Waals surface area contributed by atoms with Gasteiger partial charge in [0.2, 0.25) is 0 Å². The van der Waals surface area contributed by atoms with Crippen molar-refractivity contribution in [1.29, 1.82) is 0 Å². The van der Waals surface area contributed by atoms with Crippen molar-refractivity contribution in [3.8, 4) is 0 Å². The molecule has 0 bridgehead atoms. The Balaban J connectivity index is 1.46. The Labute approximate surface area is 226 Å². The summed E-state index contributed by atoms with van der Waals surface area (Å²) in [6, 6.07) is 0. The van der Waals surface area contributed by atoms with E-state index in [0.717, 1.165) is 44.9 Å². The second-order valence-corrected chi connectivity index (χ2v) is 16.0. The van der Waals surface area contributed by atoms with Crippen molar-refractivity contribution in [2.75, 3.05) is 6.54 Å². The number of esters is 1. The standard InChI is InChI=1S/C32H55NO4/c1-27(2)13-9-14-32(8,37-27)20-10-16-31(7)26(20)21(34)18-23-29(5)15-12-24(36-25(35)19-33)28(3,4)22(29)11-17-30(23,31)6/h20-24,26,34H,9-19,33H2,1-8H3/t20?,21-,22?,23?,24+,26?,29+,30-,31-,32-/m1/s1. The van der Waals surface area contributed by atoms with Gasteiger partial charge in [-0.25, -0.2) is 0 Å². The van der Waals surface area contributed by atoms with E-state index in [0.29, 0.717) is 23.7 Å². The first kappa shape index (κ1) is 27.9. The molecule has 5 heteroatoms. The van der Waals surface area contributed by atoms with Crippen molar-refractivity contribution in [3.05, 3.63) is 0 Å². The molecule has 5 aliphatic rings. The van der Waals surface area contributed by atoms with Gasteiger partial charge in [-0.1, -0.05) is 34.6 Å². The number of fused-ring (bicyclic) bond motifs is 5. The van der Waals surface area contributed by atoms with Crippen LogP contribution in [0.5, 0.6) is 0 Å². The summed E-state index contributed by atoms with van der Waals surface area (Å²) in [6.07, 6.45) is 10.6. The van der Waals surface area contributed by atoms with Crippen molar-refractivity contribution in [3.63, 3.8) is 0 Å². The fourth-order valence-electron chi connectivity index (χ4n) is 11.7. The van der Waals surface area contributed by atoms with Crippen LogP contribution in [0.3, 0.4) is 0 Å². The Kier molecular flexibility index (Phi) is 6.54. The topological polar surface area (TPSA) is 81.8 Å². The van der Waals surface area contributed by atoms with Crippen molar-refractivity contribution < 1.29 is 19.4 Å². The van der Waals surface area contributed by atoms with E-state index in [9.17, 15) is 9.90 Å². The van der Waals surface area contributed by atoms with Crippen LogP contribution in [0.15, 0.2) is 0 Å². The average molecular weight is 518 g/mol. The van der Waals surface area contributed by atoms with E-state index in [1.54, 1.807) is 0 Å². The predicted octanol–water partition coefficient (Wildman–Crippen LogP) is 6.25. The first-order valence-electron chi connectivity index (χ1n) is 15.3. The number of ether oxygens (including phenoxy) is 2. The van der Waals surface area contributed by atoms with Gasteiger partial charge in [-0.3, -0.25) is 4.79 Å². The summed E-state index contributed by atoms with van der Waals surface area (Å²) in [5.74, 6) is 1.35. The Morgan fingerprint density at radius 2 is 1.57 bits per heavy atom. The molecule has 1 heterocycles. The quantitative estimate of drug-likeness (QED) is 0.432. The van der Waals surface area contributed by atoms with E-state index in [4.69, 9.17) is 15.2 Å². The summed E-state index contributed by atoms with van der Waals surface area (Å²) in [7, 11) is 0. The molecular weight excluding hydrogens is 462 g/mol. The lowest BCUT2D eigenvalue weighted by molar-refractivity contribution is -0.258. The maximum absolute atomic E-state index is 12.1. The maximum Gasteiger partial charge on any atom is 0.319 e. The summed E-state index contributed by atoms with van der Waals surface area (Å²) in [5, 5.41) is 12.0. The number of aliphatic hydroxyl groups excluding tert-OH is 1. The van der Waals surface area contributed by atoms with Gasteiger partial charge in [-0.15, -0.1) is 0 Å². The fraction of sp³-hybridized carbons (Fsp3) is 0.969. The first-order valence-corrected chi connectivity index (χ1v) is 15.3. The summed E-state index contributed by atoms with van der Waals surface area (Å²) >= 11 is 0. The van der Waals surface area contributed by atoms with Crippen LogP contribution < -0.4 is 5.73 Å². The zero-order valence-electron chi connectivity index (χ0n) is 25.0. The molecule has 10 atom stereocenters. The van der Waals surface area contributed by atoms with Gasteiger partial charge in [-0.2, -0.15) is 0 Å². The van der Waals surface area contributed by atoms with Gasteiger partial charge in [0, 0.05) is 5.41 Å². The minimum Gasteiger partial charge on any atom is -0.461 e. The molecule has 0 spiro atoms. The molecule has 0 aromatic carbocycles. The van der Waals surface area contributed by atoms with Crippen LogP contribution in [0.2, 0.25) is 0 Å². The second kappa shape index (κ2) is 8.67. The van der Waals surface area contributed by atoms with Crippen molar-refractivity contribution in [2.45, 2.75) is 143 Å². The molecule has 0 aromatic rings. The van der Waals surface area contributed by atoms with E-state index in [2.05, 4.69) is 55.4 Å². The van der Waals surface area contributed by atoms with Gasteiger partial charge in [-0.05, 0) is 125 Å². The lowest BCUT2D eigenvalue weighted by atomic mass is 9.35. The molecule has 0 amide bonds. The van der Waals surface area contributed by atoms with Crippen molar-refractivity contribution in [2.24, 2.45) is 51.1 Å². The lowest BCUT2D eigenvalue weighted by Gasteiger charge is -2.70. The molecule has 5 rings (SSSR count). The average Bonchev–Trinajstić information content (AvgIpc) is 3.17. The zero-order valence-corrected chi connectivity index (χ0v) is 25.0. The molecule has 1 saturated heterocycles. The molecule has 4 saturated carbocycles. The summed E-state index contributed by atoms with van der Waals surface area (Å²) in [5.41, 5.74) is 5.69. The van der Waals surface area contributed by atoms with Gasteiger partial charge < -0.3 is 20.3 Å². The summed E-state index contributed by atoms with van der Waals surface area (Å²) in [6.45, 7) is 19.1. The Morgan fingerprint density at radius 1 is 0.892 bits per heavy atom. The smallest absolute Gasteiger partial charge is 0.319 e. The number of hydrogen-bond donors (Lipinski definition) is 2. The Hall–Kier alpha value is -0.650. The van der Waals surface area contributed by atoms with Gasteiger partial charge >= 0.3 is 5.97 Å². The first-order chi connectivity index (χ1) is 17.0. The SMILES string of the molecule is CC1(C)CCC[C@](C)(C2CC[C@]3(C)C2[C@H](O)CC2[C@@]4(C)CC[C@H](OC(=O)CN)C(C)(C)C4CC[C@]23C)O1. The highest BCUT2D eigenvalue weighted by Gasteiger charge is 2.72. The highest BCUT2D eigenvalue weighted by molar-refractivity contribution is 5.71. The van der Waals surface area contributed by atoms with Gasteiger partial charge in [0.25, 0.3) is 0 Å². The molecule has 3 N–H and O–H groups in total. The third-order valence-corrected chi connectivity index (χ3v) is 13.5. The summed E-state index contributed by atoms with van der Waals surface area (Å²) < 4.78 is 12.8. The Bertz CT molecular complexity index is 916. The molecule has 4 unspecified atom stereocenters. The Morgan fingerprint density at radius 3 is 2.22 bits per heavy atom. The van der Waals surface area contributed by atoms with Crippen molar-refractivity contribution >= 4 is 5.97 Å². The summed E-state index contributed by atoms with van der Waals surface area (Å²) in [4.78, 5) is 12.1. The number of rotatable bonds is 3. The minimum atomic E-state index is -0.288. The van der Waals surface area contributed by atoms with Crippen molar-refractivity contribution in [1.82, 2.24) is 0 Å². The molecule has 1 aliphatic heterocycles. The molecule has 5 fully saturated rings. The predicted molar refractivity (Wildman–Crippen MR) is 147 cm³/mol. The number of carbonyl (C=O) groups excluding carboxylic acids is 1. The van der Waals surface area contributed by atoms with Crippen LogP contribution in [-0.4, -0.2) is 41.0 Å². The van der Waals surface area contributed by atoms with E-state index >= 15 is 0 Å². The molecule has 212 valence electrons. The third-order valence-electron chi connectivity index (χ3n) is 13.5. The third kappa shape index (κ3) is 3.90. The molecule has 0 radical (unpaired) electrons. The van der Waals surface area contributed by atoms with Gasteiger partial charge in [0.1, 0.15) is 6.10 Å². The number of aliphatic hydroxyl groups is 1. The second-order valence-electron chi connectivity index (χ2n) is 16.0. The fourth-order valence-corrected chi connectivity index (χ4v) is 11.7. The van der Waals surface area contributed by atoms with E-state index < -0.39 is 0 Å². The minimum absolute atomic E-state index is 0.0534. The largest absolute Gasteiger partial charge is 0.461 e. The van der Waals surface area contributed by atoms with Crippen LogP contribution in [0.4, 0.5) is 0 Å². The molecular formula is C32H55NO4. The van der Waals surface area contributed by atoms with Gasteiger partial charge in [0.05, 0.1) is 23.9 Å². The molecule has 0 aromatic heterocycles. The van der Waals surface area contributed by atoms with Crippen LogP contribution in [0, 0.1) is 45.3 Å². The van der Waals surface area contributed by atoms with E-state index in [-0.39, 0.29) is 57.6 Å². The van der Waals surface area contributed by atoms with Crippen LogP contribution in [0.1, 0.15) is 120 Å². The monoisotopic (exact) mass is 517 g/mol. The number of hydrogen-bond acceptors (Lipinski definition) is 5. The number of carbonyl (C=O) groups is 1. The zero-order chi connectivity index (χ0) is 27.2. The molecule has 37 heavy (non-hydrogen) atoms. The van der Waals surface area contributed by atoms with E-state index in [1.807, 2.05) is 0 Å². The number of nitrogens with two attached hydrogens (primary N) is 1. The molecule has 5 nitrogen and oxygen atoms in total. The van der Waals surface area contributed by atoms with Crippen LogP contribution in [0.25, 0.3) is 0 Å². The highest BCUT2D eigenvalue weighted by Crippen LogP contribution is 2.76. The van der Waals surface area contributed by atoms with E-state index in [1.165, 1.54) is 19.3 Å². The van der Waals surface area contributed by atoms with Crippen LogP contribution >= 0.6 is 0 Å². The highest BCUT2D eigenvalue weighted by atomic mass is 16.5.